The standard InChI is InChI=1S/C16H14ClNO3/c17-14-11-12(5-7-16(19)20)4-6-15(14)21-10-8-13-3-1-2-9-18-13/h1-7,9,11H,8,10H2,(H,19,20). The Kier molecular flexibility index (Phi) is 5.35. The Morgan fingerprint density at radius 1 is 1.33 bits per heavy atom. The van der Waals surface area contributed by atoms with Crippen molar-refractivity contribution in [2.24, 2.45) is 0 Å². The summed E-state index contributed by atoms with van der Waals surface area (Å²) >= 11 is 6.10. The van der Waals surface area contributed by atoms with Gasteiger partial charge in [0.25, 0.3) is 0 Å². The van der Waals surface area contributed by atoms with Crippen molar-refractivity contribution in [3.63, 3.8) is 0 Å². The molecule has 0 aliphatic heterocycles. The highest BCUT2D eigenvalue weighted by Crippen LogP contribution is 2.26. The van der Waals surface area contributed by atoms with E-state index in [0.717, 1.165) is 11.8 Å². The summed E-state index contributed by atoms with van der Waals surface area (Å²) < 4.78 is 5.61. The average molecular weight is 304 g/mol. The van der Waals surface area contributed by atoms with Gasteiger partial charge in [0.2, 0.25) is 0 Å². The molecule has 0 spiro atoms. The molecule has 108 valence electrons. The number of carbonyl (C=O) groups is 1. The first-order chi connectivity index (χ1) is 10.1. The van der Waals surface area contributed by atoms with E-state index in [4.69, 9.17) is 21.4 Å². The number of hydrogen-bond acceptors (Lipinski definition) is 3. The third-order valence-corrected chi connectivity index (χ3v) is 3.01. The highest BCUT2D eigenvalue weighted by Gasteiger charge is 2.03. The first-order valence-corrected chi connectivity index (χ1v) is 6.76. The molecule has 5 heteroatoms. The van der Waals surface area contributed by atoms with Gasteiger partial charge in [-0.15, -0.1) is 0 Å². The lowest BCUT2D eigenvalue weighted by atomic mass is 10.2. The summed E-state index contributed by atoms with van der Waals surface area (Å²) in [6, 6.07) is 10.9. The molecule has 0 atom stereocenters. The predicted octanol–water partition coefficient (Wildman–Crippen LogP) is 3.45. The Bertz CT molecular complexity index is 641. The molecule has 0 saturated carbocycles. The van der Waals surface area contributed by atoms with Gasteiger partial charge in [0, 0.05) is 24.4 Å². The Balaban J connectivity index is 1.93. The second-order valence-electron chi connectivity index (χ2n) is 4.28. The summed E-state index contributed by atoms with van der Waals surface area (Å²) in [5.41, 5.74) is 1.66. The number of carboxylic acid groups (broad SMARTS) is 1. The summed E-state index contributed by atoms with van der Waals surface area (Å²) in [5.74, 6) is -0.429. The van der Waals surface area contributed by atoms with Crippen molar-refractivity contribution in [3.8, 4) is 5.75 Å². The van der Waals surface area contributed by atoms with E-state index in [1.165, 1.54) is 6.08 Å². The van der Waals surface area contributed by atoms with E-state index in [0.29, 0.717) is 29.4 Å². The molecule has 21 heavy (non-hydrogen) atoms. The van der Waals surface area contributed by atoms with E-state index >= 15 is 0 Å². The van der Waals surface area contributed by atoms with E-state index in [-0.39, 0.29) is 0 Å². The third kappa shape index (κ3) is 4.93. The second-order valence-corrected chi connectivity index (χ2v) is 4.69. The van der Waals surface area contributed by atoms with Gasteiger partial charge in [-0.2, -0.15) is 0 Å². The molecule has 0 fully saturated rings. The van der Waals surface area contributed by atoms with Crippen LogP contribution >= 0.6 is 11.6 Å². The number of benzene rings is 1. The fourth-order valence-electron chi connectivity index (χ4n) is 1.72. The molecular formula is C16H14ClNO3. The van der Waals surface area contributed by atoms with Crippen LogP contribution in [0.3, 0.4) is 0 Å². The number of hydrogen-bond donors (Lipinski definition) is 1. The molecular weight excluding hydrogens is 290 g/mol. The van der Waals surface area contributed by atoms with Crippen LogP contribution in [-0.4, -0.2) is 22.7 Å². The van der Waals surface area contributed by atoms with Crippen LogP contribution in [0.4, 0.5) is 0 Å². The topological polar surface area (TPSA) is 59.4 Å². The minimum atomic E-state index is -0.998. The van der Waals surface area contributed by atoms with E-state index in [9.17, 15) is 4.79 Å². The second kappa shape index (κ2) is 7.45. The molecule has 0 aliphatic carbocycles. The zero-order chi connectivity index (χ0) is 15.1. The number of halogens is 1. The van der Waals surface area contributed by atoms with Gasteiger partial charge in [0.15, 0.2) is 0 Å². The van der Waals surface area contributed by atoms with Crippen LogP contribution in [-0.2, 0) is 11.2 Å². The van der Waals surface area contributed by atoms with Crippen molar-refractivity contribution >= 4 is 23.6 Å². The molecule has 2 rings (SSSR count). The molecule has 0 bridgehead atoms. The van der Waals surface area contributed by atoms with E-state index in [1.54, 1.807) is 24.4 Å². The molecule has 1 aromatic heterocycles. The van der Waals surface area contributed by atoms with Crippen LogP contribution in [0.15, 0.2) is 48.7 Å². The highest BCUT2D eigenvalue weighted by molar-refractivity contribution is 6.32. The van der Waals surface area contributed by atoms with Crippen LogP contribution in [0, 0.1) is 0 Å². The lowest BCUT2D eigenvalue weighted by Gasteiger charge is -2.08. The van der Waals surface area contributed by atoms with Gasteiger partial charge in [-0.25, -0.2) is 4.79 Å². The molecule has 0 saturated heterocycles. The first-order valence-electron chi connectivity index (χ1n) is 6.38. The van der Waals surface area contributed by atoms with E-state index in [1.807, 2.05) is 18.2 Å². The number of aromatic nitrogens is 1. The number of rotatable bonds is 6. The SMILES string of the molecule is O=C(O)C=Cc1ccc(OCCc2ccccn2)c(Cl)c1. The van der Waals surface area contributed by atoms with Crippen molar-refractivity contribution in [2.75, 3.05) is 6.61 Å². The Morgan fingerprint density at radius 3 is 2.86 bits per heavy atom. The van der Waals surface area contributed by atoms with Gasteiger partial charge in [0.05, 0.1) is 11.6 Å². The van der Waals surface area contributed by atoms with Gasteiger partial charge in [-0.3, -0.25) is 4.98 Å². The quantitative estimate of drug-likeness (QED) is 0.830. The largest absolute Gasteiger partial charge is 0.492 e. The maximum absolute atomic E-state index is 10.5. The minimum absolute atomic E-state index is 0.448. The lowest BCUT2D eigenvalue weighted by molar-refractivity contribution is -0.131. The van der Waals surface area contributed by atoms with Gasteiger partial charge in [0.1, 0.15) is 5.75 Å². The third-order valence-electron chi connectivity index (χ3n) is 2.72. The molecule has 0 radical (unpaired) electrons. The normalized spacial score (nSPS) is 10.7. The molecule has 0 aliphatic rings. The van der Waals surface area contributed by atoms with Crippen LogP contribution in [0.1, 0.15) is 11.3 Å². The zero-order valence-corrected chi connectivity index (χ0v) is 12.0. The van der Waals surface area contributed by atoms with Crippen molar-refractivity contribution in [3.05, 3.63) is 65.0 Å². The fraction of sp³-hybridized carbons (Fsp3) is 0.125. The molecule has 4 nitrogen and oxygen atoms in total. The molecule has 0 amide bonds. The van der Waals surface area contributed by atoms with Gasteiger partial charge in [-0.1, -0.05) is 23.7 Å². The first kappa shape index (κ1) is 15.1. The minimum Gasteiger partial charge on any atom is -0.492 e. The smallest absolute Gasteiger partial charge is 0.328 e. The Labute approximate surface area is 127 Å². The van der Waals surface area contributed by atoms with Crippen molar-refractivity contribution in [2.45, 2.75) is 6.42 Å². The summed E-state index contributed by atoms with van der Waals surface area (Å²) in [4.78, 5) is 14.7. The predicted molar refractivity (Wildman–Crippen MR) is 81.6 cm³/mol. The number of pyridine rings is 1. The van der Waals surface area contributed by atoms with Crippen LogP contribution in [0.25, 0.3) is 6.08 Å². The van der Waals surface area contributed by atoms with E-state index in [2.05, 4.69) is 4.98 Å². The van der Waals surface area contributed by atoms with Crippen molar-refractivity contribution in [1.82, 2.24) is 4.98 Å². The number of carboxylic acids is 1. The van der Waals surface area contributed by atoms with Crippen molar-refractivity contribution in [1.29, 1.82) is 0 Å². The summed E-state index contributed by atoms with van der Waals surface area (Å²) in [6.45, 7) is 0.473. The van der Waals surface area contributed by atoms with E-state index < -0.39 is 5.97 Å². The molecule has 2 aromatic rings. The number of nitrogens with zero attached hydrogens (tertiary/aromatic N) is 1. The molecule has 0 unspecified atom stereocenters. The van der Waals surface area contributed by atoms with Crippen LogP contribution in [0.2, 0.25) is 5.02 Å². The Hall–Kier alpha value is -2.33. The zero-order valence-electron chi connectivity index (χ0n) is 11.2. The number of ether oxygens (including phenoxy) is 1. The maximum Gasteiger partial charge on any atom is 0.328 e. The summed E-state index contributed by atoms with van der Waals surface area (Å²) in [7, 11) is 0. The maximum atomic E-state index is 10.5. The van der Waals surface area contributed by atoms with Crippen LogP contribution < -0.4 is 4.74 Å². The highest BCUT2D eigenvalue weighted by atomic mass is 35.5. The van der Waals surface area contributed by atoms with Gasteiger partial charge < -0.3 is 9.84 Å². The van der Waals surface area contributed by atoms with Crippen molar-refractivity contribution < 1.29 is 14.6 Å². The van der Waals surface area contributed by atoms with Crippen LogP contribution in [0.5, 0.6) is 5.75 Å². The monoisotopic (exact) mass is 303 g/mol. The molecule has 1 heterocycles. The lowest BCUT2D eigenvalue weighted by Crippen LogP contribution is -2.03. The van der Waals surface area contributed by atoms with Gasteiger partial charge >= 0.3 is 5.97 Å². The van der Waals surface area contributed by atoms with Gasteiger partial charge in [-0.05, 0) is 35.9 Å². The molecule has 1 aromatic carbocycles. The Morgan fingerprint density at radius 2 is 2.19 bits per heavy atom. The summed E-state index contributed by atoms with van der Waals surface area (Å²) in [6.07, 6.45) is 4.98. The molecule has 1 N–H and O–H groups in total. The summed E-state index contributed by atoms with van der Waals surface area (Å²) in [5, 5.41) is 9.02. The fourth-order valence-corrected chi connectivity index (χ4v) is 1.96. The average Bonchev–Trinajstić information content (AvgIpc) is 2.48. The number of aliphatic carboxylic acids is 1.